The summed E-state index contributed by atoms with van der Waals surface area (Å²) in [6.07, 6.45) is 1.74. The third-order valence-electron chi connectivity index (χ3n) is 5.06. The highest BCUT2D eigenvalue weighted by Crippen LogP contribution is 2.32. The second-order valence-corrected chi connectivity index (χ2v) is 7.13. The number of nitrogens with zero attached hydrogens (tertiary/aromatic N) is 3. The van der Waals surface area contributed by atoms with Gasteiger partial charge < -0.3 is 15.0 Å². The number of nitrogens with one attached hydrogen (secondary N) is 1. The van der Waals surface area contributed by atoms with Gasteiger partial charge in [-0.3, -0.25) is 4.90 Å². The average molecular weight is 416 g/mol. The van der Waals surface area contributed by atoms with Crippen molar-refractivity contribution < 1.29 is 14.3 Å². The van der Waals surface area contributed by atoms with E-state index in [9.17, 15) is 9.59 Å². The molecule has 0 atom stereocenters. The van der Waals surface area contributed by atoms with Crippen LogP contribution >= 0.6 is 0 Å². The van der Waals surface area contributed by atoms with Crippen LogP contribution < -0.4 is 15.1 Å². The van der Waals surface area contributed by atoms with Gasteiger partial charge in [0.05, 0.1) is 17.9 Å². The monoisotopic (exact) mass is 416 g/mol. The second kappa shape index (κ2) is 9.30. The van der Waals surface area contributed by atoms with Crippen molar-refractivity contribution in [2.24, 2.45) is 0 Å². The smallest absolute Gasteiger partial charge is 0.338 e. The lowest BCUT2D eigenvalue weighted by Crippen LogP contribution is -2.46. The molecule has 0 fully saturated rings. The van der Waals surface area contributed by atoms with Crippen LogP contribution in [0.25, 0.3) is 0 Å². The highest BCUT2D eigenvalue weighted by molar-refractivity contribution is 6.04. The summed E-state index contributed by atoms with van der Waals surface area (Å²) in [7, 11) is 0. The molecule has 0 aliphatic carbocycles. The zero-order valence-electron chi connectivity index (χ0n) is 17.3. The van der Waals surface area contributed by atoms with Crippen molar-refractivity contribution in [3.05, 3.63) is 84.1 Å². The Morgan fingerprint density at radius 1 is 1.00 bits per heavy atom. The highest BCUT2D eigenvalue weighted by Gasteiger charge is 2.28. The normalized spacial score (nSPS) is 12.8. The Labute approximate surface area is 181 Å². The summed E-state index contributed by atoms with van der Waals surface area (Å²) in [6, 6.07) is 20.4. The molecule has 3 aromatic rings. The van der Waals surface area contributed by atoms with Crippen molar-refractivity contribution in [3.63, 3.8) is 0 Å². The molecule has 158 valence electrons. The fourth-order valence-corrected chi connectivity index (χ4v) is 3.55. The van der Waals surface area contributed by atoms with E-state index in [1.165, 1.54) is 5.56 Å². The fourth-order valence-electron chi connectivity index (χ4n) is 3.55. The number of amides is 2. The van der Waals surface area contributed by atoms with Gasteiger partial charge in [-0.05, 0) is 48.9 Å². The number of carbonyl (C=O) groups is 2. The van der Waals surface area contributed by atoms with Crippen LogP contribution in [0.4, 0.5) is 22.0 Å². The van der Waals surface area contributed by atoms with Gasteiger partial charge in [-0.25, -0.2) is 14.6 Å². The molecule has 0 unspecified atom stereocenters. The van der Waals surface area contributed by atoms with E-state index in [-0.39, 0.29) is 12.0 Å². The summed E-state index contributed by atoms with van der Waals surface area (Å²) >= 11 is 0. The summed E-state index contributed by atoms with van der Waals surface area (Å²) in [5.41, 5.74) is 3.02. The zero-order valence-corrected chi connectivity index (χ0v) is 17.3. The van der Waals surface area contributed by atoms with E-state index in [4.69, 9.17) is 4.74 Å². The van der Waals surface area contributed by atoms with Gasteiger partial charge in [-0.2, -0.15) is 0 Å². The number of rotatable bonds is 5. The fraction of sp³-hybridized carbons (Fsp3) is 0.208. The number of hydrogen-bond acceptors (Lipinski definition) is 5. The Balaban J connectivity index is 1.48. The summed E-state index contributed by atoms with van der Waals surface area (Å²) in [5.74, 6) is 0.403. The summed E-state index contributed by atoms with van der Waals surface area (Å²) in [5, 5.41) is 2.90. The number of benzene rings is 2. The van der Waals surface area contributed by atoms with Crippen molar-refractivity contribution in [1.82, 2.24) is 4.98 Å². The van der Waals surface area contributed by atoms with E-state index in [1.54, 1.807) is 42.3 Å². The molecule has 1 aliphatic heterocycles. The molecule has 1 aliphatic rings. The molecule has 2 amide bonds. The largest absolute Gasteiger partial charge is 0.462 e. The first-order chi connectivity index (χ1) is 15.2. The highest BCUT2D eigenvalue weighted by atomic mass is 16.5. The third kappa shape index (κ3) is 4.66. The molecule has 0 saturated carbocycles. The van der Waals surface area contributed by atoms with Gasteiger partial charge in [0.2, 0.25) is 0 Å². The predicted octanol–water partition coefficient (Wildman–Crippen LogP) is 4.32. The standard InChI is InChI=1S/C24H24N4O3/c1-2-31-23(29)19-10-12-20(13-11-19)26-24(30)28-16-15-27(17-18-7-4-3-5-8-18)22-21(28)9-6-14-25-22/h3-14H,2,15-17H2,1H3,(H,26,30). The first-order valence-electron chi connectivity index (χ1n) is 10.3. The number of carbonyl (C=O) groups excluding carboxylic acids is 2. The lowest BCUT2D eigenvalue weighted by Gasteiger charge is -2.36. The van der Waals surface area contributed by atoms with Crippen LogP contribution in [0.15, 0.2) is 72.9 Å². The van der Waals surface area contributed by atoms with Crippen LogP contribution in [-0.4, -0.2) is 36.7 Å². The van der Waals surface area contributed by atoms with Crippen LogP contribution in [0.5, 0.6) is 0 Å². The van der Waals surface area contributed by atoms with Gasteiger partial charge in [-0.15, -0.1) is 0 Å². The summed E-state index contributed by atoms with van der Waals surface area (Å²) in [4.78, 5) is 33.2. The van der Waals surface area contributed by atoms with Crippen LogP contribution in [-0.2, 0) is 11.3 Å². The SMILES string of the molecule is CCOC(=O)c1ccc(NC(=O)N2CCN(Cc3ccccc3)c3ncccc32)cc1. The van der Waals surface area contributed by atoms with Gasteiger partial charge in [0.1, 0.15) is 0 Å². The number of esters is 1. The van der Waals surface area contributed by atoms with Gasteiger partial charge >= 0.3 is 12.0 Å². The van der Waals surface area contributed by atoms with Crippen LogP contribution in [0, 0.1) is 0 Å². The maximum atomic E-state index is 13.0. The van der Waals surface area contributed by atoms with Gasteiger partial charge in [-0.1, -0.05) is 30.3 Å². The number of hydrogen-bond donors (Lipinski definition) is 1. The Morgan fingerprint density at radius 3 is 2.52 bits per heavy atom. The van der Waals surface area contributed by atoms with E-state index < -0.39 is 0 Å². The van der Waals surface area contributed by atoms with Crippen molar-refractivity contribution >= 4 is 29.2 Å². The number of aromatic nitrogens is 1. The lowest BCUT2D eigenvalue weighted by molar-refractivity contribution is 0.0526. The molecule has 0 radical (unpaired) electrons. The van der Waals surface area contributed by atoms with Crippen molar-refractivity contribution in [1.29, 1.82) is 0 Å². The Bertz CT molecular complexity index is 1050. The van der Waals surface area contributed by atoms with E-state index in [0.717, 1.165) is 18.1 Å². The van der Waals surface area contributed by atoms with Crippen molar-refractivity contribution in [2.75, 3.05) is 34.8 Å². The Morgan fingerprint density at radius 2 is 1.77 bits per heavy atom. The van der Waals surface area contributed by atoms with Gasteiger partial charge in [0, 0.05) is 31.5 Å². The van der Waals surface area contributed by atoms with E-state index in [1.807, 2.05) is 30.3 Å². The van der Waals surface area contributed by atoms with Crippen molar-refractivity contribution in [2.45, 2.75) is 13.5 Å². The number of anilines is 3. The molecular weight excluding hydrogens is 392 g/mol. The summed E-state index contributed by atoms with van der Waals surface area (Å²) in [6.45, 7) is 4.03. The zero-order chi connectivity index (χ0) is 21.6. The molecule has 0 bridgehead atoms. The Hall–Kier alpha value is -3.87. The third-order valence-corrected chi connectivity index (χ3v) is 5.06. The van der Waals surface area contributed by atoms with E-state index >= 15 is 0 Å². The minimum absolute atomic E-state index is 0.238. The molecular formula is C24H24N4O3. The van der Waals surface area contributed by atoms with E-state index in [0.29, 0.717) is 30.9 Å². The number of fused-ring (bicyclic) bond motifs is 1. The quantitative estimate of drug-likeness (QED) is 0.627. The minimum Gasteiger partial charge on any atom is -0.462 e. The maximum absolute atomic E-state index is 13.0. The van der Waals surface area contributed by atoms with Gasteiger partial charge in [0.25, 0.3) is 0 Å². The molecule has 31 heavy (non-hydrogen) atoms. The molecule has 7 heteroatoms. The number of ether oxygens (including phenoxy) is 1. The molecule has 2 aromatic carbocycles. The van der Waals surface area contributed by atoms with Crippen LogP contribution in [0.2, 0.25) is 0 Å². The molecule has 2 heterocycles. The first-order valence-corrected chi connectivity index (χ1v) is 10.3. The molecule has 4 rings (SSSR count). The van der Waals surface area contributed by atoms with Crippen molar-refractivity contribution in [3.8, 4) is 0 Å². The topological polar surface area (TPSA) is 74.8 Å². The molecule has 0 spiro atoms. The second-order valence-electron chi connectivity index (χ2n) is 7.13. The molecule has 7 nitrogen and oxygen atoms in total. The first kappa shape index (κ1) is 20.4. The number of urea groups is 1. The molecule has 1 aromatic heterocycles. The van der Waals surface area contributed by atoms with E-state index in [2.05, 4.69) is 27.3 Å². The Kier molecular flexibility index (Phi) is 6.12. The average Bonchev–Trinajstić information content (AvgIpc) is 2.80. The maximum Gasteiger partial charge on any atom is 0.338 e. The summed E-state index contributed by atoms with van der Waals surface area (Å²) < 4.78 is 4.99. The van der Waals surface area contributed by atoms with Gasteiger partial charge in [0.15, 0.2) is 5.82 Å². The number of pyridine rings is 1. The predicted molar refractivity (Wildman–Crippen MR) is 120 cm³/mol. The lowest BCUT2D eigenvalue weighted by atomic mass is 10.2. The van der Waals surface area contributed by atoms with Crippen LogP contribution in [0.1, 0.15) is 22.8 Å². The minimum atomic E-state index is -0.380. The molecule has 1 N–H and O–H groups in total. The molecule has 0 saturated heterocycles. The van der Waals surface area contributed by atoms with Crippen LogP contribution in [0.3, 0.4) is 0 Å².